The number of allylic oxidation sites excluding steroid dienone is 4. The van der Waals surface area contributed by atoms with Gasteiger partial charge in [0, 0.05) is 17.0 Å². The molecule has 0 aliphatic heterocycles. The van der Waals surface area contributed by atoms with Gasteiger partial charge >= 0.3 is 0 Å². The highest BCUT2D eigenvalue weighted by Gasteiger charge is 2.53. The summed E-state index contributed by atoms with van der Waals surface area (Å²) in [5.41, 5.74) is 9.91. The molecule has 42 heavy (non-hydrogen) atoms. The zero-order valence-corrected chi connectivity index (χ0v) is 28.1. The third-order valence-electron chi connectivity index (χ3n) is 11.7. The average molecular weight is 574 g/mol. The Labute approximate surface area is 256 Å². The van der Waals surface area contributed by atoms with Crippen molar-refractivity contribution in [2.45, 2.75) is 115 Å². The predicted octanol–water partition coefficient (Wildman–Crippen LogP) is 11.2. The molecule has 3 aromatic rings. The smallest absolute Gasteiger partial charge is 0.126 e. The molecule has 2 heteroatoms. The Morgan fingerprint density at radius 1 is 0.786 bits per heavy atom. The van der Waals surface area contributed by atoms with Crippen LogP contribution in [0.1, 0.15) is 90.7 Å². The fraction of sp³-hybridized carbons (Fsp3) is 0.500. The Bertz CT molecular complexity index is 1570. The zero-order chi connectivity index (χ0) is 29.4. The second-order valence-corrected chi connectivity index (χ2v) is 20.5. The van der Waals surface area contributed by atoms with Crippen molar-refractivity contribution in [3.8, 4) is 11.1 Å². The molecule has 0 spiro atoms. The van der Waals surface area contributed by atoms with Crippen molar-refractivity contribution < 1.29 is 0 Å². The lowest BCUT2D eigenvalue weighted by atomic mass is 9.76. The van der Waals surface area contributed by atoms with Crippen LogP contribution in [0.2, 0.25) is 18.6 Å². The molecular formula is C40H51NSi. The number of fused-ring (bicyclic) bond motifs is 5. The van der Waals surface area contributed by atoms with Crippen molar-refractivity contribution in [1.29, 1.82) is 0 Å². The zero-order valence-electron chi connectivity index (χ0n) is 27.1. The number of benzene rings is 3. The van der Waals surface area contributed by atoms with Gasteiger partial charge in [-0.05, 0) is 108 Å². The summed E-state index contributed by atoms with van der Waals surface area (Å²) in [6.45, 7) is 18.0. The van der Waals surface area contributed by atoms with Crippen LogP contribution in [0.5, 0.6) is 0 Å². The maximum Gasteiger partial charge on any atom is 0.126 e. The molecule has 220 valence electrons. The van der Waals surface area contributed by atoms with Crippen LogP contribution in [-0.2, 0) is 5.41 Å². The van der Waals surface area contributed by atoms with Gasteiger partial charge in [0.15, 0.2) is 0 Å². The molecule has 0 bridgehead atoms. The monoisotopic (exact) mass is 573 g/mol. The van der Waals surface area contributed by atoms with E-state index in [1.807, 2.05) is 0 Å². The van der Waals surface area contributed by atoms with Crippen molar-refractivity contribution in [1.82, 2.24) is 4.57 Å². The standard InChI is InChI=1S/C40H51NSi/c1-39(2,3)41(30-16-9-8-10-17-30)42(6,7)38-23-21-28-24-35-33-22-20-29(25-36(33)40(4,5)37(35)26-34(28)38)32-19-13-15-27-14-11-12-18-31(27)32/h11-15,18-20,22,24-26,28,30,34,38H,8-10,16-17,21,23H2,1-7H3. The summed E-state index contributed by atoms with van der Waals surface area (Å²) >= 11 is 0. The summed E-state index contributed by atoms with van der Waals surface area (Å²) in [7, 11) is -1.72. The van der Waals surface area contributed by atoms with Gasteiger partial charge < -0.3 is 4.57 Å². The molecule has 0 heterocycles. The van der Waals surface area contributed by atoms with Crippen LogP contribution in [0.15, 0.2) is 78.4 Å². The highest BCUT2D eigenvalue weighted by atomic mass is 28.3. The first kappa shape index (κ1) is 28.4. The first-order valence-electron chi connectivity index (χ1n) is 16.8. The van der Waals surface area contributed by atoms with Crippen molar-refractivity contribution in [2.24, 2.45) is 11.8 Å². The maximum atomic E-state index is 3.12. The van der Waals surface area contributed by atoms with Crippen LogP contribution < -0.4 is 0 Å². The van der Waals surface area contributed by atoms with Gasteiger partial charge in [0.1, 0.15) is 8.24 Å². The van der Waals surface area contributed by atoms with E-state index in [0.717, 1.165) is 11.6 Å². The molecule has 2 fully saturated rings. The van der Waals surface area contributed by atoms with Gasteiger partial charge in [0.25, 0.3) is 0 Å². The second-order valence-electron chi connectivity index (χ2n) is 16.0. The van der Waals surface area contributed by atoms with Crippen LogP contribution in [-0.4, -0.2) is 24.4 Å². The predicted molar refractivity (Wildman–Crippen MR) is 184 cm³/mol. The first-order valence-corrected chi connectivity index (χ1v) is 19.9. The molecule has 3 unspecified atom stereocenters. The van der Waals surface area contributed by atoms with Crippen LogP contribution in [0, 0.1) is 11.8 Å². The summed E-state index contributed by atoms with van der Waals surface area (Å²) < 4.78 is 3.12. The van der Waals surface area contributed by atoms with E-state index in [1.165, 1.54) is 78.0 Å². The Morgan fingerprint density at radius 2 is 1.52 bits per heavy atom. The highest BCUT2D eigenvalue weighted by molar-refractivity contribution is 6.76. The molecule has 4 aliphatic carbocycles. The van der Waals surface area contributed by atoms with Crippen LogP contribution in [0.3, 0.4) is 0 Å². The Hall–Kier alpha value is -2.42. The summed E-state index contributed by atoms with van der Waals surface area (Å²) in [6.07, 6.45) is 15.4. The molecule has 7 rings (SSSR count). The fourth-order valence-electron chi connectivity index (χ4n) is 10.2. The van der Waals surface area contributed by atoms with Crippen LogP contribution in [0.4, 0.5) is 0 Å². The minimum Gasteiger partial charge on any atom is -0.316 e. The molecular weight excluding hydrogens is 523 g/mol. The average Bonchev–Trinajstić information content (AvgIpc) is 3.48. The van der Waals surface area contributed by atoms with E-state index in [-0.39, 0.29) is 11.0 Å². The molecule has 0 aromatic heterocycles. The third-order valence-corrected chi connectivity index (χ3v) is 16.5. The summed E-state index contributed by atoms with van der Waals surface area (Å²) in [6, 6.07) is 23.7. The van der Waals surface area contributed by atoms with Gasteiger partial charge in [-0.2, -0.15) is 0 Å². The molecule has 0 radical (unpaired) electrons. The van der Waals surface area contributed by atoms with Gasteiger partial charge in [0.05, 0.1) is 0 Å². The lowest BCUT2D eigenvalue weighted by molar-refractivity contribution is 0.140. The third kappa shape index (κ3) is 4.43. The van der Waals surface area contributed by atoms with Gasteiger partial charge in [-0.25, -0.2) is 0 Å². The van der Waals surface area contributed by atoms with E-state index in [1.54, 1.807) is 11.1 Å². The maximum absolute atomic E-state index is 3.12. The molecule has 0 N–H and O–H groups in total. The quantitative estimate of drug-likeness (QED) is 0.281. The van der Waals surface area contributed by atoms with Crippen molar-refractivity contribution in [2.75, 3.05) is 0 Å². The molecule has 1 nitrogen and oxygen atoms in total. The van der Waals surface area contributed by atoms with Crippen LogP contribution in [0.25, 0.3) is 27.5 Å². The second kappa shape index (κ2) is 10.1. The molecule has 3 atom stereocenters. The van der Waals surface area contributed by atoms with Crippen molar-refractivity contribution in [3.63, 3.8) is 0 Å². The largest absolute Gasteiger partial charge is 0.316 e. The molecule has 4 aliphatic rings. The van der Waals surface area contributed by atoms with E-state index < -0.39 is 8.24 Å². The first-order chi connectivity index (χ1) is 20.0. The highest BCUT2D eigenvalue weighted by Crippen LogP contribution is 2.59. The Kier molecular flexibility index (Phi) is 6.79. The lowest BCUT2D eigenvalue weighted by Gasteiger charge is -2.55. The van der Waals surface area contributed by atoms with E-state index >= 15 is 0 Å². The number of nitrogens with zero attached hydrogens (tertiary/aromatic N) is 1. The number of hydrogen-bond donors (Lipinski definition) is 0. The minimum atomic E-state index is -1.72. The topological polar surface area (TPSA) is 3.24 Å². The molecule has 2 saturated carbocycles. The lowest BCUT2D eigenvalue weighted by Crippen LogP contribution is -2.64. The summed E-state index contributed by atoms with van der Waals surface area (Å²) in [4.78, 5) is 0. The number of hydrogen-bond acceptors (Lipinski definition) is 1. The van der Waals surface area contributed by atoms with Gasteiger partial charge in [-0.15, -0.1) is 0 Å². The van der Waals surface area contributed by atoms with E-state index in [4.69, 9.17) is 0 Å². The fourth-order valence-corrected chi connectivity index (χ4v) is 15.6. The molecule has 0 saturated heterocycles. The number of rotatable bonds is 4. The van der Waals surface area contributed by atoms with E-state index in [9.17, 15) is 0 Å². The molecule has 3 aromatic carbocycles. The Morgan fingerprint density at radius 3 is 2.29 bits per heavy atom. The van der Waals surface area contributed by atoms with E-state index in [2.05, 4.69) is 125 Å². The Balaban J connectivity index is 1.26. The normalized spacial score (nSPS) is 25.7. The van der Waals surface area contributed by atoms with Gasteiger partial charge in [0.2, 0.25) is 0 Å². The molecule has 0 amide bonds. The van der Waals surface area contributed by atoms with Crippen LogP contribution >= 0.6 is 0 Å². The van der Waals surface area contributed by atoms with Crippen molar-refractivity contribution in [3.05, 3.63) is 89.5 Å². The van der Waals surface area contributed by atoms with Gasteiger partial charge in [-0.3, -0.25) is 0 Å². The SMILES string of the molecule is CC1(C)C2=CC3C(C=C2c2ccc(-c4cccc5ccccc45)cc21)CCC3[Si](C)(C)N(C1CCCCC1)C(C)(C)C. The van der Waals surface area contributed by atoms with Crippen molar-refractivity contribution >= 4 is 24.6 Å². The summed E-state index contributed by atoms with van der Waals surface area (Å²) in [5, 5.41) is 2.66. The summed E-state index contributed by atoms with van der Waals surface area (Å²) in [5.74, 6) is 1.37. The minimum absolute atomic E-state index is 0.0264. The van der Waals surface area contributed by atoms with Gasteiger partial charge in [-0.1, -0.05) is 119 Å². The van der Waals surface area contributed by atoms with E-state index in [0.29, 0.717) is 11.8 Å².